The summed E-state index contributed by atoms with van der Waals surface area (Å²) < 4.78 is 0. The zero-order chi connectivity index (χ0) is 7.68. The third kappa shape index (κ3) is 1.79. The fraction of sp³-hybridized carbons (Fsp3) is 0.625. The summed E-state index contributed by atoms with van der Waals surface area (Å²) in [5.74, 6) is 0.897. The SMILES string of the molecule is NC(CC1CC1)c1nccs1. The van der Waals surface area contributed by atoms with E-state index in [9.17, 15) is 0 Å². The first-order valence-corrected chi connectivity index (χ1v) is 4.89. The summed E-state index contributed by atoms with van der Waals surface area (Å²) in [4.78, 5) is 4.19. The topological polar surface area (TPSA) is 38.9 Å². The highest BCUT2D eigenvalue weighted by Crippen LogP contribution is 2.36. The molecule has 0 aromatic carbocycles. The fourth-order valence-electron chi connectivity index (χ4n) is 1.23. The second-order valence-corrected chi connectivity index (χ2v) is 4.08. The van der Waals surface area contributed by atoms with E-state index in [0.717, 1.165) is 17.3 Å². The van der Waals surface area contributed by atoms with Crippen LogP contribution in [0.4, 0.5) is 0 Å². The van der Waals surface area contributed by atoms with E-state index in [2.05, 4.69) is 4.98 Å². The lowest BCUT2D eigenvalue weighted by Gasteiger charge is -2.05. The zero-order valence-electron chi connectivity index (χ0n) is 6.36. The molecule has 1 aromatic rings. The number of nitrogens with two attached hydrogens (primary N) is 1. The van der Waals surface area contributed by atoms with Crippen molar-refractivity contribution < 1.29 is 0 Å². The Morgan fingerprint density at radius 1 is 1.73 bits per heavy atom. The zero-order valence-corrected chi connectivity index (χ0v) is 7.18. The molecule has 1 fully saturated rings. The third-order valence-electron chi connectivity index (χ3n) is 2.05. The van der Waals surface area contributed by atoms with Crippen LogP contribution in [-0.4, -0.2) is 4.98 Å². The Bertz CT molecular complexity index is 216. The van der Waals surface area contributed by atoms with Gasteiger partial charge in [-0.3, -0.25) is 0 Å². The molecule has 1 atom stereocenters. The van der Waals surface area contributed by atoms with Gasteiger partial charge in [0.2, 0.25) is 0 Å². The van der Waals surface area contributed by atoms with Crippen LogP contribution in [0.15, 0.2) is 11.6 Å². The first-order chi connectivity index (χ1) is 5.36. The molecule has 0 saturated heterocycles. The predicted molar refractivity (Wildman–Crippen MR) is 46.4 cm³/mol. The van der Waals surface area contributed by atoms with Crippen molar-refractivity contribution in [3.63, 3.8) is 0 Å². The fourth-order valence-corrected chi connectivity index (χ4v) is 1.88. The van der Waals surface area contributed by atoms with Gasteiger partial charge in [-0.25, -0.2) is 4.98 Å². The summed E-state index contributed by atoms with van der Waals surface area (Å²) in [6, 6.07) is 0.197. The highest BCUT2D eigenvalue weighted by Gasteiger charge is 2.25. The van der Waals surface area contributed by atoms with Gasteiger partial charge in [-0.15, -0.1) is 11.3 Å². The molecule has 2 rings (SSSR count). The molecule has 1 aliphatic rings. The lowest BCUT2D eigenvalue weighted by atomic mass is 10.1. The van der Waals surface area contributed by atoms with Gasteiger partial charge in [-0.1, -0.05) is 12.8 Å². The molecule has 3 heteroatoms. The number of aromatic nitrogens is 1. The van der Waals surface area contributed by atoms with Crippen molar-refractivity contribution in [3.05, 3.63) is 16.6 Å². The molecule has 0 amide bonds. The van der Waals surface area contributed by atoms with E-state index in [1.807, 2.05) is 11.6 Å². The lowest BCUT2D eigenvalue weighted by molar-refractivity contribution is 0.594. The van der Waals surface area contributed by atoms with Crippen molar-refractivity contribution in [1.82, 2.24) is 4.98 Å². The van der Waals surface area contributed by atoms with Crippen molar-refractivity contribution in [2.75, 3.05) is 0 Å². The van der Waals surface area contributed by atoms with E-state index in [4.69, 9.17) is 5.73 Å². The number of hydrogen-bond donors (Lipinski definition) is 1. The van der Waals surface area contributed by atoms with Gasteiger partial charge in [0.05, 0.1) is 6.04 Å². The Morgan fingerprint density at radius 3 is 3.09 bits per heavy atom. The number of thiazole rings is 1. The van der Waals surface area contributed by atoms with Crippen LogP contribution in [0.1, 0.15) is 30.3 Å². The third-order valence-corrected chi connectivity index (χ3v) is 2.96. The summed E-state index contributed by atoms with van der Waals surface area (Å²) in [5.41, 5.74) is 5.93. The highest BCUT2D eigenvalue weighted by atomic mass is 32.1. The monoisotopic (exact) mass is 168 g/mol. The largest absolute Gasteiger partial charge is 0.322 e. The van der Waals surface area contributed by atoms with E-state index >= 15 is 0 Å². The van der Waals surface area contributed by atoms with Crippen LogP contribution in [0.2, 0.25) is 0 Å². The quantitative estimate of drug-likeness (QED) is 0.749. The molecule has 0 radical (unpaired) electrons. The Hall–Kier alpha value is -0.410. The molecule has 1 saturated carbocycles. The number of hydrogen-bond acceptors (Lipinski definition) is 3. The lowest BCUT2D eigenvalue weighted by Crippen LogP contribution is -2.10. The molecular formula is C8H12N2S. The molecular weight excluding hydrogens is 156 g/mol. The summed E-state index contributed by atoms with van der Waals surface area (Å²) in [7, 11) is 0. The maximum Gasteiger partial charge on any atom is 0.109 e. The average molecular weight is 168 g/mol. The van der Waals surface area contributed by atoms with E-state index in [1.165, 1.54) is 12.8 Å². The molecule has 0 bridgehead atoms. The molecule has 0 aliphatic heterocycles. The van der Waals surface area contributed by atoms with Crippen LogP contribution in [-0.2, 0) is 0 Å². The molecule has 2 nitrogen and oxygen atoms in total. The smallest absolute Gasteiger partial charge is 0.109 e. The van der Waals surface area contributed by atoms with E-state index < -0.39 is 0 Å². The first-order valence-electron chi connectivity index (χ1n) is 4.01. The van der Waals surface area contributed by atoms with Crippen LogP contribution in [0.3, 0.4) is 0 Å². The first kappa shape index (κ1) is 7.25. The summed E-state index contributed by atoms with van der Waals surface area (Å²) in [6.45, 7) is 0. The minimum absolute atomic E-state index is 0.197. The minimum Gasteiger partial charge on any atom is -0.322 e. The van der Waals surface area contributed by atoms with Crippen molar-refractivity contribution in [1.29, 1.82) is 0 Å². The number of rotatable bonds is 3. The summed E-state index contributed by atoms with van der Waals surface area (Å²) in [5, 5.41) is 3.08. The van der Waals surface area contributed by atoms with Crippen molar-refractivity contribution >= 4 is 11.3 Å². The van der Waals surface area contributed by atoms with E-state index in [-0.39, 0.29) is 6.04 Å². The van der Waals surface area contributed by atoms with Gasteiger partial charge < -0.3 is 5.73 Å². The van der Waals surface area contributed by atoms with Gasteiger partial charge in [0, 0.05) is 11.6 Å². The molecule has 1 aliphatic carbocycles. The normalized spacial score (nSPS) is 20.1. The Labute approximate surface area is 70.5 Å². The molecule has 60 valence electrons. The highest BCUT2D eigenvalue weighted by molar-refractivity contribution is 7.09. The van der Waals surface area contributed by atoms with Crippen LogP contribution in [0, 0.1) is 5.92 Å². The van der Waals surface area contributed by atoms with Gasteiger partial charge in [-0.05, 0) is 12.3 Å². The van der Waals surface area contributed by atoms with Gasteiger partial charge in [0.25, 0.3) is 0 Å². The van der Waals surface area contributed by atoms with Gasteiger partial charge in [-0.2, -0.15) is 0 Å². The van der Waals surface area contributed by atoms with Crippen LogP contribution in [0.25, 0.3) is 0 Å². The van der Waals surface area contributed by atoms with Crippen LogP contribution < -0.4 is 5.73 Å². The Kier molecular flexibility index (Phi) is 1.92. The average Bonchev–Trinajstić information content (AvgIpc) is 2.67. The van der Waals surface area contributed by atoms with Crippen molar-refractivity contribution in [2.24, 2.45) is 11.7 Å². The predicted octanol–water partition coefficient (Wildman–Crippen LogP) is 1.94. The Balaban J connectivity index is 1.93. The second kappa shape index (κ2) is 2.91. The molecule has 1 heterocycles. The Morgan fingerprint density at radius 2 is 2.55 bits per heavy atom. The van der Waals surface area contributed by atoms with Crippen molar-refractivity contribution in [3.8, 4) is 0 Å². The van der Waals surface area contributed by atoms with E-state index in [1.54, 1.807) is 11.3 Å². The van der Waals surface area contributed by atoms with Crippen LogP contribution in [0.5, 0.6) is 0 Å². The maximum atomic E-state index is 5.93. The molecule has 1 aromatic heterocycles. The maximum absolute atomic E-state index is 5.93. The molecule has 2 N–H and O–H groups in total. The second-order valence-electron chi connectivity index (χ2n) is 3.16. The van der Waals surface area contributed by atoms with Crippen LogP contribution >= 0.6 is 11.3 Å². The molecule has 0 spiro atoms. The van der Waals surface area contributed by atoms with Crippen molar-refractivity contribution in [2.45, 2.75) is 25.3 Å². The number of nitrogens with zero attached hydrogens (tertiary/aromatic N) is 1. The van der Waals surface area contributed by atoms with E-state index in [0.29, 0.717) is 0 Å². The standard InChI is InChI=1S/C8H12N2S/c9-7(5-6-1-2-6)8-10-3-4-11-8/h3-4,6-7H,1-2,5,9H2. The molecule has 11 heavy (non-hydrogen) atoms. The van der Waals surface area contributed by atoms with Gasteiger partial charge in [0.1, 0.15) is 5.01 Å². The summed E-state index contributed by atoms with van der Waals surface area (Å²) in [6.07, 6.45) is 5.71. The minimum atomic E-state index is 0.197. The van der Waals surface area contributed by atoms with Gasteiger partial charge in [0.15, 0.2) is 0 Å². The summed E-state index contributed by atoms with van der Waals surface area (Å²) >= 11 is 1.66. The van der Waals surface area contributed by atoms with Gasteiger partial charge >= 0.3 is 0 Å². The molecule has 1 unspecified atom stereocenters.